The Bertz CT molecular complexity index is 628. The van der Waals surface area contributed by atoms with Gasteiger partial charge in [-0.3, -0.25) is 4.79 Å². The fraction of sp³-hybridized carbons (Fsp3) is 0.267. The Kier molecular flexibility index (Phi) is 3.54. The molecule has 0 atom stereocenters. The number of carbonyl (C=O) groups excluding carboxylic acids is 1. The first-order valence-electron chi connectivity index (χ1n) is 6.38. The molecule has 0 saturated heterocycles. The number of carbonyl (C=O) groups is 1. The molecule has 0 fully saturated rings. The highest BCUT2D eigenvalue weighted by Crippen LogP contribution is 2.29. The van der Waals surface area contributed by atoms with Crippen LogP contribution in [0.4, 0.5) is 0 Å². The number of benzene rings is 1. The van der Waals surface area contributed by atoms with E-state index in [1.165, 1.54) is 11.3 Å². The Hall–Kier alpha value is -1.36. The van der Waals surface area contributed by atoms with Crippen molar-refractivity contribution in [2.24, 2.45) is 0 Å². The molecule has 1 aromatic carbocycles. The largest absolute Gasteiger partial charge is 0.387 e. The average Bonchev–Trinajstić information content (AvgIpc) is 2.99. The van der Waals surface area contributed by atoms with Crippen LogP contribution >= 0.6 is 22.9 Å². The third-order valence-corrected chi connectivity index (χ3v) is 4.76. The van der Waals surface area contributed by atoms with E-state index in [0.29, 0.717) is 22.1 Å². The molecule has 0 radical (unpaired) electrons. The number of hydrogen-bond acceptors (Lipinski definition) is 3. The lowest BCUT2D eigenvalue weighted by atomic mass is 10.0. The van der Waals surface area contributed by atoms with Crippen molar-refractivity contribution >= 4 is 28.8 Å². The molecule has 3 rings (SSSR count). The summed E-state index contributed by atoms with van der Waals surface area (Å²) in [6.07, 6.45) is 1.16. The molecular weight excluding hydrogens is 294 g/mol. The number of amides is 1. The third-order valence-electron chi connectivity index (χ3n) is 3.53. The number of hydrogen-bond donors (Lipinski definition) is 2. The number of aliphatic hydroxyl groups is 1. The summed E-state index contributed by atoms with van der Waals surface area (Å²) < 4.78 is 0.585. The summed E-state index contributed by atoms with van der Waals surface area (Å²) in [5, 5.41) is 13.4. The first kappa shape index (κ1) is 13.6. The minimum Gasteiger partial charge on any atom is -0.387 e. The maximum Gasteiger partial charge on any atom is 0.261 e. The number of halogens is 1. The normalized spacial score (nSPS) is 15.9. The molecule has 1 amide bonds. The van der Waals surface area contributed by atoms with Crippen molar-refractivity contribution in [1.29, 1.82) is 0 Å². The van der Waals surface area contributed by atoms with Crippen molar-refractivity contribution < 1.29 is 9.90 Å². The molecule has 0 bridgehead atoms. The lowest BCUT2D eigenvalue weighted by Crippen LogP contribution is -2.43. The Morgan fingerprint density at radius 1 is 1.25 bits per heavy atom. The van der Waals surface area contributed by atoms with Crippen molar-refractivity contribution in [3.63, 3.8) is 0 Å². The van der Waals surface area contributed by atoms with Gasteiger partial charge in [0, 0.05) is 19.4 Å². The molecule has 0 unspecified atom stereocenters. The van der Waals surface area contributed by atoms with Gasteiger partial charge in [0.1, 0.15) is 0 Å². The van der Waals surface area contributed by atoms with Crippen LogP contribution in [0.25, 0.3) is 0 Å². The monoisotopic (exact) mass is 307 g/mol. The molecule has 1 aliphatic rings. The molecule has 0 saturated carbocycles. The zero-order valence-electron chi connectivity index (χ0n) is 10.7. The maximum absolute atomic E-state index is 12.0. The first-order chi connectivity index (χ1) is 9.56. The van der Waals surface area contributed by atoms with Gasteiger partial charge in [-0.1, -0.05) is 35.9 Å². The first-order valence-corrected chi connectivity index (χ1v) is 7.58. The molecule has 1 aliphatic carbocycles. The molecule has 2 N–H and O–H groups in total. The molecule has 3 nitrogen and oxygen atoms in total. The molecule has 1 aromatic heterocycles. The lowest BCUT2D eigenvalue weighted by molar-refractivity contribution is 0.0481. The maximum atomic E-state index is 12.0. The number of thiophene rings is 1. The molecular formula is C15H14ClNO2S. The van der Waals surface area contributed by atoms with E-state index in [0.717, 1.165) is 11.1 Å². The molecule has 2 aromatic rings. The summed E-state index contributed by atoms with van der Waals surface area (Å²) in [5.74, 6) is -0.189. The van der Waals surface area contributed by atoms with E-state index in [9.17, 15) is 9.90 Å². The SMILES string of the molecule is O=C(NCC1(O)Cc2ccccc2C1)c1ccc(Cl)s1. The Labute approximate surface area is 126 Å². The standard InChI is InChI=1S/C15H14ClNO2S/c16-13-6-5-12(20-13)14(18)17-9-15(19)7-10-3-1-2-4-11(10)8-15/h1-6,19H,7-9H2,(H,17,18). The van der Waals surface area contributed by atoms with Crippen LogP contribution in [0.15, 0.2) is 36.4 Å². The van der Waals surface area contributed by atoms with Crippen molar-refractivity contribution in [3.05, 3.63) is 56.7 Å². The van der Waals surface area contributed by atoms with Gasteiger partial charge in [0.2, 0.25) is 0 Å². The van der Waals surface area contributed by atoms with E-state index in [1.54, 1.807) is 12.1 Å². The molecule has 104 valence electrons. The van der Waals surface area contributed by atoms with Gasteiger partial charge in [0.15, 0.2) is 0 Å². The summed E-state index contributed by atoms with van der Waals surface area (Å²) in [5.41, 5.74) is 1.42. The zero-order chi connectivity index (χ0) is 14.2. The van der Waals surface area contributed by atoms with Gasteiger partial charge in [-0.15, -0.1) is 11.3 Å². The number of fused-ring (bicyclic) bond motifs is 1. The van der Waals surface area contributed by atoms with Gasteiger partial charge < -0.3 is 10.4 Å². The van der Waals surface area contributed by atoms with Crippen LogP contribution in [0.5, 0.6) is 0 Å². The fourth-order valence-corrected chi connectivity index (χ4v) is 3.53. The second kappa shape index (κ2) is 5.20. The van der Waals surface area contributed by atoms with Gasteiger partial charge in [0.05, 0.1) is 14.8 Å². The van der Waals surface area contributed by atoms with E-state index in [2.05, 4.69) is 5.32 Å². The van der Waals surface area contributed by atoms with Crippen molar-refractivity contribution in [3.8, 4) is 0 Å². The quantitative estimate of drug-likeness (QED) is 0.916. The molecule has 0 aliphatic heterocycles. The van der Waals surface area contributed by atoms with Gasteiger partial charge in [-0.2, -0.15) is 0 Å². The van der Waals surface area contributed by atoms with Crippen LogP contribution in [-0.4, -0.2) is 23.2 Å². The summed E-state index contributed by atoms with van der Waals surface area (Å²) >= 11 is 7.05. The van der Waals surface area contributed by atoms with Gasteiger partial charge in [-0.25, -0.2) is 0 Å². The Morgan fingerprint density at radius 2 is 1.90 bits per heavy atom. The predicted molar refractivity (Wildman–Crippen MR) is 80.5 cm³/mol. The van der Waals surface area contributed by atoms with Crippen LogP contribution in [0, 0.1) is 0 Å². The van der Waals surface area contributed by atoms with Crippen molar-refractivity contribution in [2.75, 3.05) is 6.54 Å². The second-order valence-electron chi connectivity index (χ2n) is 5.13. The van der Waals surface area contributed by atoms with Gasteiger partial charge in [0.25, 0.3) is 5.91 Å². The highest BCUT2D eigenvalue weighted by atomic mass is 35.5. The topological polar surface area (TPSA) is 49.3 Å². The van der Waals surface area contributed by atoms with E-state index in [1.807, 2.05) is 24.3 Å². The molecule has 20 heavy (non-hydrogen) atoms. The average molecular weight is 308 g/mol. The Morgan fingerprint density at radius 3 is 2.45 bits per heavy atom. The predicted octanol–water partition coefficient (Wildman–Crippen LogP) is 2.66. The molecule has 0 spiro atoms. The number of rotatable bonds is 3. The summed E-state index contributed by atoms with van der Waals surface area (Å²) in [7, 11) is 0. The minimum atomic E-state index is -0.888. The van der Waals surface area contributed by atoms with Crippen LogP contribution in [-0.2, 0) is 12.8 Å². The highest BCUT2D eigenvalue weighted by Gasteiger charge is 2.35. The van der Waals surface area contributed by atoms with E-state index in [4.69, 9.17) is 11.6 Å². The van der Waals surface area contributed by atoms with Crippen LogP contribution in [0.2, 0.25) is 4.34 Å². The van der Waals surface area contributed by atoms with E-state index in [-0.39, 0.29) is 12.5 Å². The highest BCUT2D eigenvalue weighted by molar-refractivity contribution is 7.17. The van der Waals surface area contributed by atoms with E-state index < -0.39 is 5.60 Å². The molecule has 5 heteroatoms. The Balaban J connectivity index is 1.63. The summed E-state index contributed by atoms with van der Waals surface area (Å²) in [6.45, 7) is 0.246. The van der Waals surface area contributed by atoms with Gasteiger partial charge >= 0.3 is 0 Å². The fourth-order valence-electron chi connectivity index (χ4n) is 2.57. The lowest BCUT2D eigenvalue weighted by Gasteiger charge is -2.22. The summed E-state index contributed by atoms with van der Waals surface area (Å²) in [4.78, 5) is 12.5. The summed E-state index contributed by atoms with van der Waals surface area (Å²) in [6, 6.07) is 11.4. The zero-order valence-corrected chi connectivity index (χ0v) is 12.3. The van der Waals surface area contributed by atoms with Crippen LogP contribution < -0.4 is 5.32 Å². The molecule has 1 heterocycles. The van der Waals surface area contributed by atoms with Crippen molar-refractivity contribution in [1.82, 2.24) is 5.32 Å². The number of nitrogens with one attached hydrogen (secondary N) is 1. The second-order valence-corrected chi connectivity index (χ2v) is 6.85. The third kappa shape index (κ3) is 2.73. The van der Waals surface area contributed by atoms with Crippen molar-refractivity contribution in [2.45, 2.75) is 18.4 Å². The van der Waals surface area contributed by atoms with Gasteiger partial charge in [-0.05, 0) is 23.3 Å². The van der Waals surface area contributed by atoms with Crippen LogP contribution in [0.3, 0.4) is 0 Å². The van der Waals surface area contributed by atoms with Crippen LogP contribution in [0.1, 0.15) is 20.8 Å². The van der Waals surface area contributed by atoms with E-state index >= 15 is 0 Å². The minimum absolute atomic E-state index is 0.189. The smallest absolute Gasteiger partial charge is 0.261 e.